The van der Waals surface area contributed by atoms with Gasteiger partial charge in [0.25, 0.3) is 0 Å². The molecule has 2 rings (SSSR count). The molecule has 3 nitrogen and oxygen atoms in total. The first-order chi connectivity index (χ1) is 7.29. The molecule has 15 heavy (non-hydrogen) atoms. The van der Waals surface area contributed by atoms with Crippen molar-refractivity contribution in [1.82, 2.24) is 0 Å². The van der Waals surface area contributed by atoms with Gasteiger partial charge in [0.1, 0.15) is 0 Å². The fourth-order valence-corrected chi connectivity index (χ4v) is 2.18. The van der Waals surface area contributed by atoms with Gasteiger partial charge in [-0.25, -0.2) is 0 Å². The number of nitrogen functional groups attached to an aromatic ring is 1. The maximum absolute atomic E-state index is 5.72. The van der Waals surface area contributed by atoms with E-state index < -0.39 is 0 Å². The third kappa shape index (κ3) is 2.42. The van der Waals surface area contributed by atoms with Crippen molar-refractivity contribution in [2.24, 2.45) is 11.7 Å². The Morgan fingerprint density at radius 1 is 1.27 bits per heavy atom. The van der Waals surface area contributed by atoms with Crippen molar-refractivity contribution in [2.75, 3.05) is 30.3 Å². The van der Waals surface area contributed by atoms with Crippen LogP contribution in [0.15, 0.2) is 24.3 Å². The third-order valence-electron chi connectivity index (χ3n) is 3.11. The topological polar surface area (TPSA) is 55.3 Å². The summed E-state index contributed by atoms with van der Waals surface area (Å²) >= 11 is 0. The summed E-state index contributed by atoms with van der Waals surface area (Å²) in [4.78, 5) is 2.40. The second-order valence-corrected chi connectivity index (χ2v) is 4.28. The average Bonchev–Trinajstić information content (AvgIpc) is 2.30. The zero-order valence-corrected chi connectivity index (χ0v) is 9.02. The normalized spacial score (nSPS) is 21.7. The van der Waals surface area contributed by atoms with Crippen LogP contribution in [0, 0.1) is 5.92 Å². The Morgan fingerprint density at radius 3 is 2.67 bits per heavy atom. The number of nitrogens with two attached hydrogens (primary N) is 2. The molecule has 82 valence electrons. The molecule has 1 unspecified atom stereocenters. The zero-order chi connectivity index (χ0) is 10.7. The van der Waals surface area contributed by atoms with E-state index in [1.54, 1.807) is 0 Å². The molecule has 0 aromatic heterocycles. The minimum atomic E-state index is 0.649. The third-order valence-corrected chi connectivity index (χ3v) is 3.11. The van der Waals surface area contributed by atoms with E-state index in [1.807, 2.05) is 12.1 Å². The monoisotopic (exact) mass is 205 g/mol. The lowest BCUT2D eigenvalue weighted by Gasteiger charge is -2.33. The van der Waals surface area contributed by atoms with Crippen LogP contribution >= 0.6 is 0 Å². The van der Waals surface area contributed by atoms with Gasteiger partial charge in [-0.3, -0.25) is 0 Å². The Balaban J connectivity index is 2.06. The lowest BCUT2D eigenvalue weighted by atomic mass is 9.98. The van der Waals surface area contributed by atoms with E-state index in [0.29, 0.717) is 5.92 Å². The SMILES string of the molecule is NCC1CCCN(c2ccc(N)cc2)C1. The largest absolute Gasteiger partial charge is 0.399 e. The molecule has 1 aliphatic heterocycles. The second-order valence-electron chi connectivity index (χ2n) is 4.28. The Kier molecular flexibility index (Phi) is 3.11. The molecule has 4 N–H and O–H groups in total. The van der Waals surface area contributed by atoms with Gasteiger partial charge < -0.3 is 16.4 Å². The number of hydrogen-bond donors (Lipinski definition) is 2. The van der Waals surface area contributed by atoms with Crippen LogP contribution in [0.4, 0.5) is 11.4 Å². The summed E-state index contributed by atoms with van der Waals surface area (Å²) in [6.07, 6.45) is 2.51. The molecular weight excluding hydrogens is 186 g/mol. The van der Waals surface area contributed by atoms with Gasteiger partial charge in [-0.15, -0.1) is 0 Å². The summed E-state index contributed by atoms with van der Waals surface area (Å²) in [6, 6.07) is 8.10. The summed E-state index contributed by atoms with van der Waals surface area (Å²) in [6.45, 7) is 3.02. The molecule has 0 amide bonds. The van der Waals surface area contributed by atoms with Gasteiger partial charge in [0.05, 0.1) is 0 Å². The lowest BCUT2D eigenvalue weighted by molar-refractivity contribution is 0.423. The predicted octanol–water partition coefficient (Wildman–Crippen LogP) is 1.44. The van der Waals surface area contributed by atoms with E-state index in [9.17, 15) is 0 Å². The van der Waals surface area contributed by atoms with Crippen molar-refractivity contribution >= 4 is 11.4 Å². The molecule has 0 radical (unpaired) electrons. The maximum atomic E-state index is 5.72. The van der Waals surface area contributed by atoms with E-state index >= 15 is 0 Å². The first kappa shape index (κ1) is 10.3. The number of anilines is 2. The molecule has 1 aromatic carbocycles. The summed E-state index contributed by atoms with van der Waals surface area (Å²) in [5.74, 6) is 0.649. The Morgan fingerprint density at radius 2 is 2.00 bits per heavy atom. The van der Waals surface area contributed by atoms with Crippen LogP contribution < -0.4 is 16.4 Å². The van der Waals surface area contributed by atoms with Crippen molar-refractivity contribution in [2.45, 2.75) is 12.8 Å². The van der Waals surface area contributed by atoms with Crippen LogP contribution in [0.25, 0.3) is 0 Å². The predicted molar refractivity (Wildman–Crippen MR) is 64.8 cm³/mol. The molecule has 1 fully saturated rings. The van der Waals surface area contributed by atoms with E-state index in [4.69, 9.17) is 11.5 Å². The lowest BCUT2D eigenvalue weighted by Crippen LogP contribution is -2.38. The molecule has 1 atom stereocenters. The van der Waals surface area contributed by atoms with E-state index in [-0.39, 0.29) is 0 Å². The van der Waals surface area contributed by atoms with E-state index in [1.165, 1.54) is 18.5 Å². The number of hydrogen-bond acceptors (Lipinski definition) is 3. The van der Waals surface area contributed by atoms with Gasteiger partial charge in [0.2, 0.25) is 0 Å². The van der Waals surface area contributed by atoms with Gasteiger partial charge in [-0.05, 0) is 49.6 Å². The number of benzene rings is 1. The van der Waals surface area contributed by atoms with Crippen molar-refractivity contribution in [3.8, 4) is 0 Å². The molecule has 3 heteroatoms. The Hall–Kier alpha value is -1.22. The highest BCUT2D eigenvalue weighted by Gasteiger charge is 2.18. The highest BCUT2D eigenvalue weighted by Crippen LogP contribution is 2.23. The van der Waals surface area contributed by atoms with Crippen molar-refractivity contribution in [3.63, 3.8) is 0 Å². The molecule has 1 saturated heterocycles. The summed E-state index contributed by atoms with van der Waals surface area (Å²) in [5.41, 5.74) is 13.5. The smallest absolute Gasteiger partial charge is 0.0367 e. The number of rotatable bonds is 2. The minimum Gasteiger partial charge on any atom is -0.399 e. The van der Waals surface area contributed by atoms with Crippen molar-refractivity contribution in [1.29, 1.82) is 0 Å². The molecule has 0 bridgehead atoms. The van der Waals surface area contributed by atoms with Crippen LogP contribution in [-0.4, -0.2) is 19.6 Å². The van der Waals surface area contributed by atoms with Gasteiger partial charge in [-0.1, -0.05) is 0 Å². The number of nitrogens with zero attached hydrogens (tertiary/aromatic N) is 1. The van der Waals surface area contributed by atoms with Gasteiger partial charge in [0.15, 0.2) is 0 Å². The molecular formula is C12H19N3. The summed E-state index contributed by atoms with van der Waals surface area (Å²) < 4.78 is 0. The quantitative estimate of drug-likeness (QED) is 0.718. The second kappa shape index (κ2) is 4.53. The fraction of sp³-hybridized carbons (Fsp3) is 0.500. The average molecular weight is 205 g/mol. The molecule has 1 heterocycles. The Labute approximate surface area is 91.1 Å². The fourth-order valence-electron chi connectivity index (χ4n) is 2.18. The zero-order valence-electron chi connectivity index (χ0n) is 9.02. The molecule has 0 spiro atoms. The standard InChI is InChI=1S/C12H19N3/c13-8-10-2-1-7-15(9-10)12-5-3-11(14)4-6-12/h3-6,10H,1-2,7-9,13-14H2. The van der Waals surface area contributed by atoms with Gasteiger partial charge in [-0.2, -0.15) is 0 Å². The van der Waals surface area contributed by atoms with Crippen LogP contribution in [-0.2, 0) is 0 Å². The highest BCUT2D eigenvalue weighted by atomic mass is 15.1. The molecule has 0 saturated carbocycles. The minimum absolute atomic E-state index is 0.649. The summed E-state index contributed by atoms with van der Waals surface area (Å²) in [7, 11) is 0. The van der Waals surface area contributed by atoms with Crippen molar-refractivity contribution in [3.05, 3.63) is 24.3 Å². The van der Waals surface area contributed by atoms with E-state index in [0.717, 1.165) is 25.3 Å². The molecule has 0 aliphatic carbocycles. The van der Waals surface area contributed by atoms with Crippen molar-refractivity contribution < 1.29 is 0 Å². The van der Waals surface area contributed by atoms with Crippen LogP contribution in [0.5, 0.6) is 0 Å². The van der Waals surface area contributed by atoms with Gasteiger partial charge >= 0.3 is 0 Å². The van der Waals surface area contributed by atoms with Crippen LogP contribution in [0.2, 0.25) is 0 Å². The highest BCUT2D eigenvalue weighted by molar-refractivity contribution is 5.53. The molecule has 1 aliphatic rings. The van der Waals surface area contributed by atoms with E-state index in [2.05, 4.69) is 17.0 Å². The molecule has 1 aromatic rings. The maximum Gasteiger partial charge on any atom is 0.0367 e. The first-order valence-corrected chi connectivity index (χ1v) is 5.60. The first-order valence-electron chi connectivity index (χ1n) is 5.60. The number of piperidine rings is 1. The van der Waals surface area contributed by atoms with Crippen LogP contribution in [0.3, 0.4) is 0 Å². The van der Waals surface area contributed by atoms with Gasteiger partial charge in [0, 0.05) is 24.5 Å². The van der Waals surface area contributed by atoms with Crippen LogP contribution in [0.1, 0.15) is 12.8 Å². The Bertz CT molecular complexity index is 307. The summed E-state index contributed by atoms with van der Waals surface area (Å²) in [5, 5.41) is 0.